The monoisotopic (exact) mass is 203 g/mol. The van der Waals surface area contributed by atoms with Crippen molar-refractivity contribution >= 4 is 18.0 Å². The van der Waals surface area contributed by atoms with Crippen molar-refractivity contribution in [1.82, 2.24) is 0 Å². The van der Waals surface area contributed by atoms with Gasteiger partial charge in [-0.05, 0) is 18.2 Å². The number of nitro groups is 1. The van der Waals surface area contributed by atoms with Gasteiger partial charge in [0.15, 0.2) is 0 Å². The quantitative estimate of drug-likeness (QED) is 0.248. The highest BCUT2D eigenvalue weighted by atomic mass is 16.6. The lowest BCUT2D eigenvalue weighted by Gasteiger charge is -1.94. The molecule has 0 N–H and O–H groups in total. The molecule has 4 heteroatoms. The summed E-state index contributed by atoms with van der Waals surface area (Å²) in [7, 11) is 0. The highest BCUT2D eigenvalue weighted by molar-refractivity contribution is 5.67. The van der Waals surface area contributed by atoms with Gasteiger partial charge in [0.2, 0.25) is 0 Å². The van der Waals surface area contributed by atoms with Crippen LogP contribution in [0.5, 0.6) is 0 Å². The Kier molecular flexibility index (Phi) is 3.97. The van der Waals surface area contributed by atoms with Gasteiger partial charge in [0, 0.05) is 6.07 Å². The molecule has 0 heterocycles. The summed E-state index contributed by atoms with van der Waals surface area (Å²) in [5.74, 6) is 0. The van der Waals surface area contributed by atoms with Gasteiger partial charge in [-0.3, -0.25) is 14.9 Å². The van der Waals surface area contributed by atoms with Crippen LogP contribution in [0, 0.1) is 10.1 Å². The topological polar surface area (TPSA) is 60.2 Å². The van der Waals surface area contributed by atoms with Crippen LogP contribution in [0.25, 0.3) is 6.08 Å². The van der Waals surface area contributed by atoms with Crippen LogP contribution in [-0.2, 0) is 4.79 Å². The lowest BCUT2D eigenvalue weighted by molar-refractivity contribution is -0.385. The number of nitro benzene ring substituents is 1. The molecule has 0 amide bonds. The summed E-state index contributed by atoms with van der Waals surface area (Å²) in [6.45, 7) is 0. The summed E-state index contributed by atoms with van der Waals surface area (Å²) in [5, 5.41) is 10.6. The lowest BCUT2D eigenvalue weighted by Crippen LogP contribution is -1.90. The average Bonchev–Trinajstić information content (AvgIpc) is 2.25. The Morgan fingerprint density at radius 2 is 1.87 bits per heavy atom. The van der Waals surface area contributed by atoms with Crippen LogP contribution in [0.2, 0.25) is 0 Å². The first-order chi connectivity index (χ1) is 7.25. The molecule has 0 aliphatic rings. The van der Waals surface area contributed by atoms with Gasteiger partial charge in [0.1, 0.15) is 6.29 Å². The Morgan fingerprint density at radius 3 is 2.53 bits per heavy atom. The Hall–Kier alpha value is -2.23. The van der Waals surface area contributed by atoms with Gasteiger partial charge < -0.3 is 0 Å². The van der Waals surface area contributed by atoms with Gasteiger partial charge >= 0.3 is 0 Å². The molecule has 0 spiro atoms. The molecule has 0 saturated heterocycles. The Labute approximate surface area is 86.7 Å². The summed E-state index contributed by atoms with van der Waals surface area (Å²) in [4.78, 5) is 20.1. The predicted molar refractivity (Wildman–Crippen MR) is 57.3 cm³/mol. The number of benzene rings is 1. The molecule has 1 aromatic rings. The molecule has 0 aliphatic carbocycles. The molecule has 4 nitrogen and oxygen atoms in total. The number of hydrogen-bond donors (Lipinski definition) is 0. The van der Waals surface area contributed by atoms with Crippen molar-refractivity contribution in [2.24, 2.45) is 0 Å². The van der Waals surface area contributed by atoms with Crippen molar-refractivity contribution in [3.05, 3.63) is 58.2 Å². The van der Waals surface area contributed by atoms with Crippen LogP contribution in [0.4, 0.5) is 5.69 Å². The second-order valence-electron chi connectivity index (χ2n) is 2.70. The molecule has 1 aromatic carbocycles. The Bertz CT molecular complexity index is 422. The van der Waals surface area contributed by atoms with Crippen LogP contribution in [0.3, 0.4) is 0 Å². The molecular weight excluding hydrogens is 194 g/mol. The van der Waals surface area contributed by atoms with E-state index in [0.29, 0.717) is 11.8 Å². The zero-order chi connectivity index (χ0) is 11.1. The number of aldehydes is 1. The second kappa shape index (κ2) is 5.49. The molecule has 15 heavy (non-hydrogen) atoms. The maximum atomic E-state index is 10.6. The largest absolute Gasteiger partial charge is 0.299 e. The summed E-state index contributed by atoms with van der Waals surface area (Å²) in [6.07, 6.45) is 6.63. The van der Waals surface area contributed by atoms with Crippen LogP contribution < -0.4 is 0 Å². The maximum Gasteiger partial charge on any atom is 0.276 e. The number of nitrogens with zero attached hydrogens (tertiary/aromatic N) is 1. The zero-order valence-electron chi connectivity index (χ0n) is 7.87. The van der Waals surface area contributed by atoms with E-state index in [1.165, 1.54) is 18.2 Å². The van der Waals surface area contributed by atoms with E-state index >= 15 is 0 Å². The zero-order valence-corrected chi connectivity index (χ0v) is 7.87. The predicted octanol–water partition coefficient (Wildman–Crippen LogP) is 2.36. The van der Waals surface area contributed by atoms with Crippen molar-refractivity contribution in [1.29, 1.82) is 0 Å². The Morgan fingerprint density at radius 1 is 1.13 bits per heavy atom. The smallest absolute Gasteiger partial charge is 0.276 e. The van der Waals surface area contributed by atoms with Crippen LogP contribution in [-0.4, -0.2) is 11.2 Å². The highest BCUT2D eigenvalue weighted by Gasteiger charge is 2.08. The van der Waals surface area contributed by atoms with E-state index in [2.05, 4.69) is 0 Å². The first-order valence-electron chi connectivity index (χ1n) is 4.27. The van der Waals surface area contributed by atoms with Gasteiger partial charge in [-0.25, -0.2) is 0 Å². The van der Waals surface area contributed by atoms with E-state index in [0.717, 1.165) is 0 Å². The standard InChI is InChI=1S/C11H9NO3/c13-9-5-1-2-6-10-7-3-4-8-11(10)12(14)15/h1-9H. The van der Waals surface area contributed by atoms with Gasteiger partial charge in [0.05, 0.1) is 10.5 Å². The molecule has 0 fully saturated rings. The first kappa shape index (κ1) is 10.8. The summed E-state index contributed by atoms with van der Waals surface area (Å²) in [6, 6.07) is 6.40. The average molecular weight is 203 g/mol. The van der Waals surface area contributed by atoms with E-state index in [1.54, 1.807) is 30.4 Å². The molecule has 1 rings (SSSR count). The molecule has 0 aromatic heterocycles. The van der Waals surface area contributed by atoms with Crippen molar-refractivity contribution in [3.8, 4) is 0 Å². The third kappa shape index (κ3) is 3.19. The van der Waals surface area contributed by atoms with E-state index in [4.69, 9.17) is 0 Å². The van der Waals surface area contributed by atoms with Crippen molar-refractivity contribution in [3.63, 3.8) is 0 Å². The third-order valence-corrected chi connectivity index (χ3v) is 1.71. The van der Waals surface area contributed by atoms with E-state index in [1.807, 2.05) is 0 Å². The minimum Gasteiger partial charge on any atom is -0.299 e. The molecule has 0 radical (unpaired) electrons. The van der Waals surface area contributed by atoms with Crippen molar-refractivity contribution < 1.29 is 9.72 Å². The summed E-state index contributed by atoms with van der Waals surface area (Å²) in [5.41, 5.74) is 0.561. The van der Waals surface area contributed by atoms with E-state index < -0.39 is 4.92 Å². The van der Waals surface area contributed by atoms with Crippen molar-refractivity contribution in [2.45, 2.75) is 0 Å². The molecule has 0 aliphatic heterocycles. The maximum absolute atomic E-state index is 10.6. The highest BCUT2D eigenvalue weighted by Crippen LogP contribution is 2.18. The molecule has 0 atom stereocenters. The summed E-state index contributed by atoms with van der Waals surface area (Å²) < 4.78 is 0. The lowest BCUT2D eigenvalue weighted by atomic mass is 10.1. The van der Waals surface area contributed by atoms with Gasteiger partial charge in [0.25, 0.3) is 5.69 Å². The number of allylic oxidation sites excluding steroid dienone is 3. The Balaban J connectivity index is 2.93. The van der Waals surface area contributed by atoms with Crippen LogP contribution >= 0.6 is 0 Å². The minimum absolute atomic E-state index is 0.0493. The fraction of sp³-hybridized carbons (Fsp3) is 0. The van der Waals surface area contributed by atoms with E-state index in [-0.39, 0.29) is 5.69 Å². The SMILES string of the molecule is O=CC=CC=Cc1ccccc1[N+](=O)[O-]. The van der Waals surface area contributed by atoms with E-state index in [9.17, 15) is 14.9 Å². The number of para-hydroxylation sites is 1. The fourth-order valence-electron chi connectivity index (χ4n) is 1.06. The summed E-state index contributed by atoms with van der Waals surface area (Å²) >= 11 is 0. The van der Waals surface area contributed by atoms with Crippen molar-refractivity contribution in [2.75, 3.05) is 0 Å². The molecule has 0 unspecified atom stereocenters. The third-order valence-electron chi connectivity index (χ3n) is 1.71. The number of hydrogen-bond acceptors (Lipinski definition) is 3. The first-order valence-corrected chi connectivity index (χ1v) is 4.27. The van der Waals surface area contributed by atoms with Crippen LogP contribution in [0.15, 0.2) is 42.5 Å². The number of carbonyl (C=O) groups is 1. The molecule has 76 valence electrons. The number of carbonyl (C=O) groups excluding carboxylic acids is 1. The van der Waals surface area contributed by atoms with Gasteiger partial charge in [-0.2, -0.15) is 0 Å². The van der Waals surface area contributed by atoms with Crippen LogP contribution in [0.1, 0.15) is 5.56 Å². The molecule has 0 saturated carbocycles. The van der Waals surface area contributed by atoms with Gasteiger partial charge in [-0.15, -0.1) is 0 Å². The molecule has 0 bridgehead atoms. The molecular formula is C11H9NO3. The normalized spacial score (nSPS) is 10.9. The van der Waals surface area contributed by atoms with Gasteiger partial charge in [-0.1, -0.05) is 24.3 Å². The minimum atomic E-state index is -0.441. The number of rotatable bonds is 4. The fourth-order valence-corrected chi connectivity index (χ4v) is 1.06. The second-order valence-corrected chi connectivity index (χ2v) is 2.70.